The zero-order chi connectivity index (χ0) is 10.7. The fraction of sp³-hybridized carbons (Fsp3) is 0.200. The molecule has 1 N–H and O–H groups in total. The van der Waals surface area contributed by atoms with Crippen molar-refractivity contribution in [1.82, 2.24) is 9.97 Å². The Morgan fingerprint density at radius 1 is 1.47 bits per heavy atom. The molecule has 4 nitrogen and oxygen atoms in total. The maximum Gasteiger partial charge on any atom is 0.261 e. The van der Waals surface area contributed by atoms with E-state index in [2.05, 4.69) is 9.97 Å². The maximum atomic E-state index is 8.93. The standard InChI is InChI=1S/C10H10N2O2S/c1-7-4-8(6-13)5-12-9(7)15-10-11-2-3-14-10/h2-5,13H,6H2,1H3. The molecule has 2 rings (SSSR count). The summed E-state index contributed by atoms with van der Waals surface area (Å²) in [6.45, 7) is 1.95. The van der Waals surface area contributed by atoms with Gasteiger partial charge in [-0.1, -0.05) is 0 Å². The van der Waals surface area contributed by atoms with E-state index in [0.717, 1.165) is 16.2 Å². The first-order chi connectivity index (χ1) is 7.29. The molecule has 2 heterocycles. The number of hydrogen-bond acceptors (Lipinski definition) is 5. The van der Waals surface area contributed by atoms with Crippen LogP contribution in [0.3, 0.4) is 0 Å². The highest BCUT2D eigenvalue weighted by Gasteiger charge is 2.06. The van der Waals surface area contributed by atoms with Gasteiger partial charge in [0.25, 0.3) is 5.22 Å². The van der Waals surface area contributed by atoms with Gasteiger partial charge < -0.3 is 9.52 Å². The molecule has 0 spiro atoms. The average molecular weight is 222 g/mol. The van der Waals surface area contributed by atoms with Crippen molar-refractivity contribution in [1.29, 1.82) is 0 Å². The first-order valence-corrected chi connectivity index (χ1v) is 5.25. The number of rotatable bonds is 3. The Morgan fingerprint density at radius 2 is 2.33 bits per heavy atom. The van der Waals surface area contributed by atoms with Gasteiger partial charge in [-0.2, -0.15) is 0 Å². The van der Waals surface area contributed by atoms with Crippen molar-refractivity contribution >= 4 is 11.8 Å². The van der Waals surface area contributed by atoms with E-state index >= 15 is 0 Å². The van der Waals surface area contributed by atoms with E-state index in [4.69, 9.17) is 9.52 Å². The molecule has 5 heteroatoms. The van der Waals surface area contributed by atoms with Gasteiger partial charge >= 0.3 is 0 Å². The molecule has 0 aliphatic heterocycles. The minimum absolute atomic E-state index is 0.0117. The number of aromatic nitrogens is 2. The van der Waals surface area contributed by atoms with Gasteiger partial charge in [0.1, 0.15) is 11.3 Å². The summed E-state index contributed by atoms with van der Waals surface area (Å²) in [4.78, 5) is 8.23. The van der Waals surface area contributed by atoms with Gasteiger partial charge in [0, 0.05) is 6.20 Å². The van der Waals surface area contributed by atoms with Crippen molar-refractivity contribution in [3.8, 4) is 0 Å². The minimum atomic E-state index is 0.0117. The van der Waals surface area contributed by atoms with Crippen LogP contribution in [0.1, 0.15) is 11.1 Å². The van der Waals surface area contributed by atoms with Crippen LogP contribution in [0.2, 0.25) is 0 Å². The van der Waals surface area contributed by atoms with Gasteiger partial charge in [0.05, 0.1) is 12.8 Å². The van der Waals surface area contributed by atoms with Crippen molar-refractivity contribution < 1.29 is 9.52 Å². The molecule has 0 bridgehead atoms. The number of aliphatic hydroxyl groups is 1. The van der Waals surface area contributed by atoms with Gasteiger partial charge in [-0.3, -0.25) is 0 Å². The molecule has 0 unspecified atom stereocenters. The van der Waals surface area contributed by atoms with Crippen LogP contribution in [0.4, 0.5) is 0 Å². The Morgan fingerprint density at radius 3 is 2.93 bits per heavy atom. The molecule has 0 atom stereocenters. The molecule has 2 aromatic rings. The van der Waals surface area contributed by atoms with Crippen LogP contribution >= 0.6 is 11.8 Å². The van der Waals surface area contributed by atoms with Crippen molar-refractivity contribution in [3.05, 3.63) is 35.9 Å². The normalized spacial score (nSPS) is 10.5. The van der Waals surface area contributed by atoms with Crippen LogP contribution in [-0.2, 0) is 6.61 Å². The molecule has 0 amide bonds. The summed E-state index contributed by atoms with van der Waals surface area (Å²) in [5.41, 5.74) is 1.81. The Hall–Kier alpha value is -1.33. The van der Waals surface area contributed by atoms with Crippen LogP contribution in [0.15, 0.2) is 39.4 Å². The summed E-state index contributed by atoms with van der Waals surface area (Å²) in [5, 5.41) is 10.3. The molecule has 0 fully saturated rings. The number of oxazole rings is 1. The van der Waals surface area contributed by atoms with Crippen LogP contribution in [-0.4, -0.2) is 15.1 Å². The number of pyridine rings is 1. The topological polar surface area (TPSA) is 59.2 Å². The Labute approximate surface area is 91.4 Å². The third-order valence-electron chi connectivity index (χ3n) is 1.86. The molecule has 0 aliphatic rings. The number of hydrogen-bond donors (Lipinski definition) is 1. The van der Waals surface area contributed by atoms with Gasteiger partial charge in [0.2, 0.25) is 0 Å². The molecule has 15 heavy (non-hydrogen) atoms. The van der Waals surface area contributed by atoms with E-state index in [-0.39, 0.29) is 6.61 Å². The molecule has 78 valence electrons. The molecular formula is C10H10N2O2S. The lowest BCUT2D eigenvalue weighted by Crippen LogP contribution is -1.90. The summed E-state index contributed by atoms with van der Waals surface area (Å²) < 4.78 is 5.11. The van der Waals surface area contributed by atoms with Crippen molar-refractivity contribution in [2.45, 2.75) is 23.8 Å². The van der Waals surface area contributed by atoms with Crippen molar-refractivity contribution in [2.24, 2.45) is 0 Å². The third kappa shape index (κ3) is 2.37. The van der Waals surface area contributed by atoms with E-state index < -0.39 is 0 Å². The van der Waals surface area contributed by atoms with Crippen molar-refractivity contribution in [2.75, 3.05) is 0 Å². The maximum absolute atomic E-state index is 8.93. The second kappa shape index (κ2) is 4.46. The Balaban J connectivity index is 2.22. The molecule has 0 radical (unpaired) electrons. The summed E-state index contributed by atoms with van der Waals surface area (Å²) in [7, 11) is 0. The van der Waals surface area contributed by atoms with Gasteiger partial charge in [-0.25, -0.2) is 9.97 Å². The zero-order valence-electron chi connectivity index (χ0n) is 8.17. The quantitative estimate of drug-likeness (QED) is 0.861. The van der Waals surface area contributed by atoms with Crippen LogP contribution in [0.5, 0.6) is 0 Å². The number of nitrogens with zero attached hydrogens (tertiary/aromatic N) is 2. The lowest BCUT2D eigenvalue weighted by atomic mass is 10.2. The van der Waals surface area contributed by atoms with E-state index in [1.807, 2.05) is 13.0 Å². The second-order valence-corrected chi connectivity index (χ2v) is 3.96. The molecule has 0 saturated carbocycles. The smallest absolute Gasteiger partial charge is 0.261 e. The monoisotopic (exact) mass is 222 g/mol. The van der Waals surface area contributed by atoms with Crippen LogP contribution < -0.4 is 0 Å². The first kappa shape index (κ1) is 10.2. The summed E-state index contributed by atoms with van der Waals surface area (Å²) in [6, 6.07) is 1.90. The summed E-state index contributed by atoms with van der Waals surface area (Å²) in [6.07, 6.45) is 4.78. The van der Waals surface area contributed by atoms with E-state index in [9.17, 15) is 0 Å². The fourth-order valence-electron chi connectivity index (χ4n) is 1.16. The SMILES string of the molecule is Cc1cc(CO)cnc1Sc1ncco1. The van der Waals surface area contributed by atoms with Crippen molar-refractivity contribution in [3.63, 3.8) is 0 Å². The summed E-state index contributed by atoms with van der Waals surface area (Å²) in [5.74, 6) is 0. The predicted molar refractivity (Wildman–Crippen MR) is 55.5 cm³/mol. The Kier molecular flexibility index (Phi) is 3.03. The molecule has 0 aromatic carbocycles. The first-order valence-electron chi connectivity index (χ1n) is 4.43. The predicted octanol–water partition coefficient (Wildman–Crippen LogP) is 2.02. The van der Waals surface area contributed by atoms with Crippen LogP contribution in [0.25, 0.3) is 0 Å². The zero-order valence-corrected chi connectivity index (χ0v) is 8.99. The highest BCUT2D eigenvalue weighted by Crippen LogP contribution is 2.27. The lowest BCUT2D eigenvalue weighted by Gasteiger charge is -2.03. The van der Waals surface area contributed by atoms with Gasteiger partial charge in [-0.15, -0.1) is 0 Å². The highest BCUT2D eigenvalue weighted by molar-refractivity contribution is 7.99. The minimum Gasteiger partial charge on any atom is -0.440 e. The van der Waals surface area contributed by atoms with Gasteiger partial charge in [0.15, 0.2) is 0 Å². The van der Waals surface area contributed by atoms with Crippen LogP contribution in [0, 0.1) is 6.92 Å². The molecule has 0 saturated heterocycles. The van der Waals surface area contributed by atoms with Gasteiger partial charge in [-0.05, 0) is 35.9 Å². The number of aryl methyl sites for hydroxylation is 1. The fourth-order valence-corrected chi connectivity index (χ4v) is 1.87. The third-order valence-corrected chi connectivity index (χ3v) is 2.86. The van der Waals surface area contributed by atoms with E-state index in [0.29, 0.717) is 5.22 Å². The van der Waals surface area contributed by atoms with E-state index in [1.165, 1.54) is 18.0 Å². The molecular weight excluding hydrogens is 212 g/mol. The summed E-state index contributed by atoms with van der Waals surface area (Å²) >= 11 is 1.37. The molecule has 0 aliphatic carbocycles. The lowest BCUT2D eigenvalue weighted by molar-refractivity contribution is 0.281. The number of aliphatic hydroxyl groups excluding tert-OH is 1. The highest BCUT2D eigenvalue weighted by atomic mass is 32.2. The average Bonchev–Trinajstić information content (AvgIpc) is 2.74. The second-order valence-electron chi connectivity index (χ2n) is 3.02. The molecule has 2 aromatic heterocycles. The van der Waals surface area contributed by atoms with E-state index in [1.54, 1.807) is 12.4 Å². The largest absolute Gasteiger partial charge is 0.440 e. The Bertz CT molecular complexity index is 443.